The van der Waals surface area contributed by atoms with E-state index in [9.17, 15) is 50.4 Å². The molecule has 0 bridgehead atoms. The van der Waals surface area contributed by atoms with Gasteiger partial charge in [-0.05, 0) is 124 Å². The van der Waals surface area contributed by atoms with Crippen LogP contribution in [-0.2, 0) is 67.8 Å². The Morgan fingerprint density at radius 3 is 1.47 bits per heavy atom. The van der Waals surface area contributed by atoms with E-state index in [1.54, 1.807) is 48.8 Å². The topological polar surface area (TPSA) is 272 Å². The number of rotatable bonds is 10. The van der Waals surface area contributed by atoms with Crippen molar-refractivity contribution < 1.29 is 64.6 Å². The van der Waals surface area contributed by atoms with E-state index in [4.69, 9.17) is 19.9 Å². The van der Waals surface area contributed by atoms with Crippen molar-refractivity contribution in [3.05, 3.63) is 24.3 Å². The van der Waals surface area contributed by atoms with Gasteiger partial charge in [-0.1, -0.05) is 63.8 Å². The van der Waals surface area contributed by atoms with Crippen molar-refractivity contribution in [2.45, 2.75) is 216 Å². The van der Waals surface area contributed by atoms with E-state index in [1.165, 1.54) is 9.80 Å². The fourth-order valence-corrected chi connectivity index (χ4v) is 14.9. The Labute approximate surface area is 468 Å². The van der Waals surface area contributed by atoms with Crippen LogP contribution in [0.1, 0.15) is 170 Å². The molecule has 0 aromatic heterocycles. The lowest BCUT2D eigenvalue weighted by Crippen LogP contribution is -2.51. The van der Waals surface area contributed by atoms with E-state index in [-0.39, 0.29) is 104 Å². The van der Waals surface area contributed by atoms with E-state index in [0.717, 1.165) is 51.4 Å². The highest BCUT2D eigenvalue weighted by atomic mass is 35.5. The number of hydrogen-bond donors (Lipinski definition) is 3. The quantitative estimate of drug-likeness (QED) is 0.173. The Hall–Kier alpha value is -3.76. The van der Waals surface area contributed by atoms with Gasteiger partial charge in [-0.15, -0.1) is 12.4 Å². The maximum absolute atomic E-state index is 14.1. The van der Waals surface area contributed by atoms with Crippen LogP contribution in [0.2, 0.25) is 0 Å². The van der Waals surface area contributed by atoms with Crippen molar-refractivity contribution in [2.24, 2.45) is 46.2 Å². The van der Waals surface area contributed by atoms with Crippen molar-refractivity contribution in [1.82, 2.24) is 19.2 Å². The molecule has 4 amide bonds. The number of fused-ring (bicyclic) bond motifs is 4. The van der Waals surface area contributed by atoms with Gasteiger partial charge < -0.3 is 29.7 Å². The van der Waals surface area contributed by atoms with Gasteiger partial charge in [0.15, 0.2) is 11.6 Å². The minimum Gasteiger partial charge on any atom is -0.460 e. The first-order valence-corrected chi connectivity index (χ1v) is 31.1. The van der Waals surface area contributed by atoms with E-state index in [0.29, 0.717) is 51.4 Å². The summed E-state index contributed by atoms with van der Waals surface area (Å²) in [6.45, 7) is 12.8. The number of Topliss-reactive ketones (excluding diaryl/α,β-unsaturated/α-hetero) is 2. The molecule has 12 atom stereocenters. The van der Waals surface area contributed by atoms with E-state index in [2.05, 4.69) is 9.44 Å². The number of halogens is 1. The Morgan fingerprint density at radius 2 is 1.08 bits per heavy atom. The lowest BCUT2D eigenvalue weighted by Gasteiger charge is -2.30. The van der Waals surface area contributed by atoms with Crippen molar-refractivity contribution in [1.29, 1.82) is 0 Å². The molecule has 440 valence electrons. The molecule has 4 N–H and O–H groups in total. The number of hydrogen-bond acceptors (Lipinski definition) is 15. The zero-order valence-electron chi connectivity index (χ0n) is 47.3. The summed E-state index contributed by atoms with van der Waals surface area (Å²) in [7, 11) is -4.60. The van der Waals surface area contributed by atoms with Crippen LogP contribution in [0.15, 0.2) is 24.3 Å². The van der Waals surface area contributed by atoms with Gasteiger partial charge in [-0.25, -0.2) is 16.8 Å². The maximum Gasteiger partial charge on any atom is 0.307 e. The number of methoxy groups -OCH3 is 2. The number of allylic oxidation sites excluding steroid dienone is 4. The Kier molecular flexibility index (Phi) is 19.8. The normalized spacial score (nSPS) is 35.8. The second-order valence-corrected chi connectivity index (χ2v) is 29.7. The van der Waals surface area contributed by atoms with Gasteiger partial charge in [0.25, 0.3) is 0 Å². The van der Waals surface area contributed by atoms with Gasteiger partial charge in [0, 0.05) is 57.9 Å². The molecule has 19 nitrogen and oxygen atoms in total. The number of nitrogens with one attached hydrogen (secondary N) is 2. The fraction of sp³-hybridized carbons (Fsp3) is 0.804. The molecule has 0 aromatic rings. The fourth-order valence-electron chi connectivity index (χ4n) is 12.2. The molecule has 2 unspecified atom stereocenters. The minimum atomic E-state index is -3.88. The lowest BCUT2D eigenvalue weighted by atomic mass is 9.87. The predicted octanol–water partition coefficient (Wildman–Crippen LogP) is 5.76. The van der Waals surface area contributed by atoms with Gasteiger partial charge in [0.2, 0.25) is 43.7 Å². The maximum atomic E-state index is 14.1. The third kappa shape index (κ3) is 13.8. The number of esters is 1. The summed E-state index contributed by atoms with van der Waals surface area (Å²) in [4.78, 5) is 98.0. The highest BCUT2D eigenvalue weighted by Crippen LogP contribution is 2.59. The van der Waals surface area contributed by atoms with Gasteiger partial charge in [-0.2, -0.15) is 0 Å². The first-order valence-electron chi connectivity index (χ1n) is 28.2. The zero-order valence-corrected chi connectivity index (χ0v) is 49.8. The summed E-state index contributed by atoms with van der Waals surface area (Å²) >= 11 is 0. The van der Waals surface area contributed by atoms with E-state index >= 15 is 0 Å². The molecule has 22 heteroatoms. The Morgan fingerprint density at radius 1 is 0.667 bits per heavy atom. The molecule has 0 spiro atoms. The molecular weight excluding hydrogens is 1070 g/mol. The molecule has 0 aromatic carbocycles. The largest absolute Gasteiger partial charge is 0.460 e. The highest BCUT2D eigenvalue weighted by molar-refractivity contribution is 7.92. The number of carbonyl (C=O) groups excluding carboxylic acids is 7. The summed E-state index contributed by atoms with van der Waals surface area (Å²) in [5, 5.41) is 0. The number of sulfonamides is 2. The molecule has 4 heterocycles. The average molecular weight is 1150 g/mol. The number of carbonyl (C=O) groups is 7. The third-order valence-corrected chi connectivity index (χ3v) is 22.6. The van der Waals surface area contributed by atoms with Crippen LogP contribution in [-0.4, -0.2) is 141 Å². The van der Waals surface area contributed by atoms with Crippen LogP contribution in [0.3, 0.4) is 0 Å². The molecule has 78 heavy (non-hydrogen) atoms. The average Bonchev–Trinajstić information content (AvgIpc) is 4.28. The lowest BCUT2D eigenvalue weighted by molar-refractivity contribution is -0.159. The minimum absolute atomic E-state index is 0. The number of nitrogens with zero attached hydrogens (tertiary/aromatic N) is 2. The van der Waals surface area contributed by atoms with Crippen molar-refractivity contribution in [3.63, 3.8) is 0 Å². The summed E-state index contributed by atoms with van der Waals surface area (Å²) in [5.74, 6) is -4.50. The smallest absolute Gasteiger partial charge is 0.307 e. The molecule has 8 rings (SSSR count). The van der Waals surface area contributed by atoms with Crippen LogP contribution < -0.4 is 15.2 Å². The van der Waals surface area contributed by atoms with Crippen LogP contribution in [0.4, 0.5) is 0 Å². The molecular formula is C56H88ClN5O14S2. The van der Waals surface area contributed by atoms with Crippen LogP contribution in [0.5, 0.6) is 0 Å². The molecule has 8 aliphatic rings. The number of nitrogens with two attached hydrogens (primary N) is 1. The van der Waals surface area contributed by atoms with E-state index < -0.39 is 87.8 Å². The summed E-state index contributed by atoms with van der Waals surface area (Å²) in [5.41, 5.74) is 3.25. The summed E-state index contributed by atoms with van der Waals surface area (Å²) in [6, 6.07) is -2.29. The molecule has 4 aliphatic heterocycles. The van der Waals surface area contributed by atoms with Crippen molar-refractivity contribution >= 4 is 73.6 Å². The Balaban J connectivity index is 0.000000253. The predicted molar refractivity (Wildman–Crippen MR) is 294 cm³/mol. The van der Waals surface area contributed by atoms with Gasteiger partial charge >= 0.3 is 5.97 Å². The van der Waals surface area contributed by atoms with Gasteiger partial charge in [0.1, 0.15) is 5.60 Å². The molecule has 2 saturated heterocycles. The number of ether oxygens (including phenoxy) is 3. The molecule has 6 fully saturated rings. The van der Waals surface area contributed by atoms with Crippen LogP contribution >= 0.6 is 12.4 Å². The van der Waals surface area contributed by atoms with Crippen molar-refractivity contribution in [3.8, 4) is 0 Å². The van der Waals surface area contributed by atoms with E-state index in [1.807, 2.05) is 38.2 Å². The standard InChI is InChI=1S/C31H48N2O8S.C25H39N3O6S.ClH/c1-20-24(40-6)19-33-26(20)23(34)18-31(28(37)32-42(38,39)30(5)14-15-30)17-22(31)13-11-9-7-8-10-12-21(27(33)36)16-25(35)41-29(2,3)4;1-16-20(34-3)15-28-21(16)19(29)14-25(23(31)27-35(32,33)24(2)11-12-24)13-17(25)9-7-5-4-6-8-10-18(26)22(28)30;/h11,13,20-22,24,26H,7-10,12,14-19H2,1-6H3,(H,32,37);7,9,16-18,20-21H,4-6,8,10-15,26H2,1-3H3,(H,27,31);1H/b13-11-;9-7-;/t20?,21-,22-,24+,26+,31-;16?,17-,18+,20+,21+,25-;/m11./s1. The first-order chi connectivity index (χ1) is 36.0. The summed E-state index contributed by atoms with van der Waals surface area (Å²) in [6.07, 6.45) is 17.5. The molecule has 4 aliphatic carbocycles. The van der Waals surface area contributed by atoms with Crippen LogP contribution in [0.25, 0.3) is 0 Å². The second kappa shape index (κ2) is 24.4. The summed E-state index contributed by atoms with van der Waals surface area (Å²) < 4.78 is 70.9. The van der Waals surface area contributed by atoms with Gasteiger partial charge in [-0.3, -0.25) is 43.0 Å². The first kappa shape index (κ1) is 63.4. The van der Waals surface area contributed by atoms with Crippen LogP contribution in [0, 0.1) is 40.4 Å². The van der Waals surface area contributed by atoms with Gasteiger partial charge in [0.05, 0.1) is 57.1 Å². The third-order valence-electron chi connectivity index (χ3n) is 18.3. The highest BCUT2D eigenvalue weighted by Gasteiger charge is 2.65. The van der Waals surface area contributed by atoms with Crippen molar-refractivity contribution in [2.75, 3.05) is 27.3 Å². The monoisotopic (exact) mass is 1150 g/mol. The molecule has 4 saturated carbocycles. The number of ketones is 2. The molecule has 0 radical (unpaired) electrons. The second-order valence-electron chi connectivity index (χ2n) is 25.4. The zero-order chi connectivity index (χ0) is 56.7. The number of amides is 4. The SMILES string of the molecule is CO[C@H]1CN2C(=O)[C@@H](CC(=O)OC(C)(C)C)CCCCC/C=C\[C@@H]3C[C@@]3(C(=O)NS(=O)(=O)C3(C)CC3)CC(=O)[C@@H]2C1C.CO[C@H]1CN2C(=O)[C@@H](N)CCCCC/C=C\[C@@H]3C[C@@]3(C(=O)NS(=O)(=O)C3(C)CC3)CC(=O)[C@@H]2C1C.Cl. The Bertz CT molecular complexity index is 2580.